The monoisotopic (exact) mass is 340 g/mol. The van der Waals surface area contributed by atoms with Gasteiger partial charge in [0.1, 0.15) is 0 Å². The summed E-state index contributed by atoms with van der Waals surface area (Å²) in [6.45, 7) is 2.63. The lowest BCUT2D eigenvalue weighted by atomic mass is 10.1. The first-order chi connectivity index (χ1) is 12.0. The van der Waals surface area contributed by atoms with Gasteiger partial charge in [0.25, 0.3) is 11.8 Å². The van der Waals surface area contributed by atoms with Crippen LogP contribution in [0.3, 0.4) is 0 Å². The van der Waals surface area contributed by atoms with E-state index in [4.69, 9.17) is 5.11 Å². The quantitative estimate of drug-likeness (QED) is 0.675. The van der Waals surface area contributed by atoms with Crippen LogP contribution in [0, 0.1) is 0 Å². The lowest BCUT2D eigenvalue weighted by molar-refractivity contribution is 0.0692. The Morgan fingerprint density at radius 2 is 1.68 bits per heavy atom. The summed E-state index contributed by atoms with van der Waals surface area (Å²) < 4.78 is 0. The molecule has 3 N–H and O–H groups in total. The van der Waals surface area contributed by atoms with Crippen molar-refractivity contribution in [3.05, 3.63) is 65.2 Å². The molecule has 0 fully saturated rings. The first kappa shape index (κ1) is 18.2. The summed E-state index contributed by atoms with van der Waals surface area (Å²) in [4.78, 5) is 35.6. The summed E-state index contributed by atoms with van der Waals surface area (Å²) in [6, 6.07) is 12.5. The van der Waals surface area contributed by atoms with Crippen LogP contribution in [0.4, 0.5) is 5.69 Å². The van der Waals surface area contributed by atoms with E-state index in [1.807, 2.05) is 6.92 Å². The van der Waals surface area contributed by atoms with Crippen molar-refractivity contribution in [3.8, 4) is 0 Å². The number of unbranched alkanes of at least 4 members (excludes halogenated alkanes) is 1. The van der Waals surface area contributed by atoms with Gasteiger partial charge >= 0.3 is 5.97 Å². The predicted molar refractivity (Wildman–Crippen MR) is 95.0 cm³/mol. The number of benzene rings is 2. The Hall–Kier alpha value is -3.15. The van der Waals surface area contributed by atoms with E-state index in [1.54, 1.807) is 36.4 Å². The van der Waals surface area contributed by atoms with Crippen LogP contribution in [0.5, 0.6) is 0 Å². The van der Waals surface area contributed by atoms with Crippen LogP contribution in [0.1, 0.15) is 50.8 Å². The average Bonchev–Trinajstić information content (AvgIpc) is 2.62. The standard InChI is InChI=1S/C19H20N2O4/c1-2-3-11-20-17(22)13-7-6-8-14(12-13)21-18(23)15-9-4-5-10-16(15)19(24)25/h4-10,12H,2-3,11H2,1H3,(H,20,22)(H,21,23)(H,24,25). The van der Waals surface area contributed by atoms with E-state index in [-0.39, 0.29) is 17.0 Å². The molecule has 0 saturated heterocycles. The Morgan fingerprint density at radius 1 is 0.960 bits per heavy atom. The second kappa shape index (κ2) is 8.63. The molecule has 6 heteroatoms. The van der Waals surface area contributed by atoms with Crippen LogP contribution in [-0.4, -0.2) is 29.4 Å². The molecular weight excluding hydrogens is 320 g/mol. The molecule has 0 aromatic heterocycles. The van der Waals surface area contributed by atoms with E-state index in [9.17, 15) is 14.4 Å². The highest BCUT2D eigenvalue weighted by Crippen LogP contribution is 2.15. The Kier molecular flexibility index (Phi) is 6.28. The van der Waals surface area contributed by atoms with Gasteiger partial charge in [0.2, 0.25) is 0 Å². The number of amides is 2. The van der Waals surface area contributed by atoms with E-state index in [1.165, 1.54) is 12.1 Å². The lowest BCUT2D eigenvalue weighted by Gasteiger charge is -2.09. The molecule has 0 atom stereocenters. The Morgan fingerprint density at radius 3 is 2.36 bits per heavy atom. The second-order valence-corrected chi connectivity index (χ2v) is 5.50. The Balaban J connectivity index is 2.13. The van der Waals surface area contributed by atoms with E-state index in [2.05, 4.69) is 10.6 Å². The summed E-state index contributed by atoms with van der Waals surface area (Å²) in [7, 11) is 0. The van der Waals surface area contributed by atoms with Crippen molar-refractivity contribution in [2.24, 2.45) is 0 Å². The van der Waals surface area contributed by atoms with Gasteiger partial charge < -0.3 is 15.7 Å². The highest BCUT2D eigenvalue weighted by molar-refractivity contribution is 6.11. The highest BCUT2D eigenvalue weighted by Gasteiger charge is 2.16. The normalized spacial score (nSPS) is 10.1. The maximum absolute atomic E-state index is 12.4. The van der Waals surface area contributed by atoms with Gasteiger partial charge in [-0.25, -0.2) is 4.79 Å². The van der Waals surface area contributed by atoms with Crippen molar-refractivity contribution in [2.45, 2.75) is 19.8 Å². The smallest absolute Gasteiger partial charge is 0.336 e. The van der Waals surface area contributed by atoms with Crippen molar-refractivity contribution >= 4 is 23.5 Å². The molecule has 0 aliphatic heterocycles. The first-order valence-electron chi connectivity index (χ1n) is 8.05. The summed E-state index contributed by atoms with van der Waals surface area (Å²) in [6.07, 6.45) is 1.88. The molecule has 2 aromatic carbocycles. The van der Waals surface area contributed by atoms with E-state index in [0.717, 1.165) is 12.8 Å². The Bertz CT molecular complexity index is 786. The number of carboxylic acids is 1. The molecule has 0 aliphatic carbocycles. The molecule has 0 bridgehead atoms. The summed E-state index contributed by atoms with van der Waals surface area (Å²) >= 11 is 0. The molecule has 0 spiro atoms. The number of carbonyl (C=O) groups excluding carboxylic acids is 2. The third-order valence-corrected chi connectivity index (χ3v) is 3.60. The van der Waals surface area contributed by atoms with Crippen LogP contribution in [-0.2, 0) is 0 Å². The fraction of sp³-hybridized carbons (Fsp3) is 0.211. The molecule has 0 saturated carbocycles. The molecule has 130 valence electrons. The van der Waals surface area contributed by atoms with Crippen molar-refractivity contribution in [1.82, 2.24) is 5.32 Å². The van der Waals surface area contributed by atoms with Crippen molar-refractivity contribution < 1.29 is 19.5 Å². The van der Waals surface area contributed by atoms with Crippen molar-refractivity contribution in [2.75, 3.05) is 11.9 Å². The number of carbonyl (C=O) groups is 3. The minimum Gasteiger partial charge on any atom is -0.478 e. The SMILES string of the molecule is CCCCNC(=O)c1cccc(NC(=O)c2ccccc2C(=O)O)c1. The number of anilines is 1. The van der Waals surface area contributed by atoms with Crippen molar-refractivity contribution in [1.29, 1.82) is 0 Å². The van der Waals surface area contributed by atoms with Crippen LogP contribution < -0.4 is 10.6 Å². The lowest BCUT2D eigenvalue weighted by Crippen LogP contribution is -2.24. The number of nitrogens with one attached hydrogen (secondary N) is 2. The zero-order valence-electron chi connectivity index (χ0n) is 13.9. The zero-order valence-corrected chi connectivity index (χ0v) is 13.9. The third kappa shape index (κ3) is 4.91. The molecule has 25 heavy (non-hydrogen) atoms. The highest BCUT2D eigenvalue weighted by atomic mass is 16.4. The van der Waals surface area contributed by atoms with E-state index >= 15 is 0 Å². The molecule has 0 aliphatic rings. The molecule has 2 aromatic rings. The van der Waals surface area contributed by atoms with Crippen LogP contribution >= 0.6 is 0 Å². The average molecular weight is 340 g/mol. The molecule has 0 radical (unpaired) electrons. The summed E-state index contributed by atoms with van der Waals surface area (Å²) in [5, 5.41) is 14.6. The van der Waals surface area contributed by atoms with Gasteiger partial charge in [-0.1, -0.05) is 31.5 Å². The molecule has 0 unspecified atom stereocenters. The van der Waals surface area contributed by atoms with E-state index < -0.39 is 11.9 Å². The third-order valence-electron chi connectivity index (χ3n) is 3.60. The topological polar surface area (TPSA) is 95.5 Å². The number of rotatable bonds is 7. The zero-order chi connectivity index (χ0) is 18.2. The van der Waals surface area contributed by atoms with Crippen molar-refractivity contribution in [3.63, 3.8) is 0 Å². The molecule has 6 nitrogen and oxygen atoms in total. The van der Waals surface area contributed by atoms with Gasteiger partial charge in [-0.3, -0.25) is 9.59 Å². The minimum atomic E-state index is -1.17. The number of carboxylic acid groups (broad SMARTS) is 1. The van der Waals surface area contributed by atoms with Gasteiger partial charge in [-0.2, -0.15) is 0 Å². The van der Waals surface area contributed by atoms with Crippen LogP contribution in [0.15, 0.2) is 48.5 Å². The fourth-order valence-electron chi connectivity index (χ4n) is 2.28. The molecule has 0 heterocycles. The van der Waals surface area contributed by atoms with Crippen LogP contribution in [0.25, 0.3) is 0 Å². The van der Waals surface area contributed by atoms with Gasteiger partial charge in [0.05, 0.1) is 11.1 Å². The predicted octanol–water partition coefficient (Wildman–Crippen LogP) is 3.17. The number of aromatic carboxylic acids is 1. The Labute approximate surface area is 145 Å². The molecule has 2 rings (SSSR count). The van der Waals surface area contributed by atoms with Gasteiger partial charge in [0, 0.05) is 17.8 Å². The maximum atomic E-state index is 12.4. The van der Waals surface area contributed by atoms with Gasteiger partial charge in [0.15, 0.2) is 0 Å². The van der Waals surface area contributed by atoms with Crippen LogP contribution in [0.2, 0.25) is 0 Å². The molecule has 2 amide bonds. The first-order valence-corrected chi connectivity index (χ1v) is 8.05. The second-order valence-electron chi connectivity index (χ2n) is 5.50. The molecular formula is C19H20N2O4. The number of hydrogen-bond acceptors (Lipinski definition) is 3. The summed E-state index contributed by atoms with van der Waals surface area (Å²) in [5.74, 6) is -1.92. The minimum absolute atomic E-state index is 0.0628. The fourth-order valence-corrected chi connectivity index (χ4v) is 2.28. The summed E-state index contributed by atoms with van der Waals surface area (Å²) in [5.41, 5.74) is 0.843. The van der Waals surface area contributed by atoms with Gasteiger partial charge in [-0.15, -0.1) is 0 Å². The number of hydrogen-bond donors (Lipinski definition) is 3. The van der Waals surface area contributed by atoms with E-state index in [0.29, 0.717) is 17.8 Å². The largest absolute Gasteiger partial charge is 0.478 e. The maximum Gasteiger partial charge on any atom is 0.336 e. The van der Waals surface area contributed by atoms with Gasteiger partial charge in [-0.05, 0) is 36.8 Å².